The minimum atomic E-state index is -0.435. The topological polar surface area (TPSA) is 60.7 Å². The Labute approximate surface area is 83.6 Å². The fourth-order valence-electron chi connectivity index (χ4n) is 1.35. The van der Waals surface area contributed by atoms with E-state index in [2.05, 4.69) is 0 Å². The fraction of sp³-hybridized carbons (Fsp3) is 0.455. The van der Waals surface area contributed by atoms with Crippen molar-refractivity contribution >= 4 is 0 Å². The van der Waals surface area contributed by atoms with Gasteiger partial charge in [-0.1, -0.05) is 20.8 Å². The number of hydrogen-bond donors (Lipinski definition) is 3. The van der Waals surface area contributed by atoms with Gasteiger partial charge in [-0.15, -0.1) is 0 Å². The van der Waals surface area contributed by atoms with Gasteiger partial charge in [0.05, 0.1) is 0 Å². The summed E-state index contributed by atoms with van der Waals surface area (Å²) in [5, 5.41) is 28.4. The van der Waals surface area contributed by atoms with Gasteiger partial charge < -0.3 is 15.3 Å². The van der Waals surface area contributed by atoms with Crippen molar-refractivity contribution in [1.29, 1.82) is 0 Å². The zero-order chi connectivity index (χ0) is 11.1. The molecule has 0 aliphatic rings. The predicted molar refractivity (Wildman–Crippen MR) is 54.9 cm³/mol. The molecule has 0 bridgehead atoms. The maximum Gasteiger partial charge on any atom is 0.200 e. The van der Waals surface area contributed by atoms with Crippen LogP contribution in [-0.2, 0) is 5.41 Å². The third kappa shape index (κ3) is 1.62. The molecule has 0 saturated heterocycles. The van der Waals surface area contributed by atoms with Crippen LogP contribution in [0.4, 0.5) is 0 Å². The van der Waals surface area contributed by atoms with Gasteiger partial charge in [-0.25, -0.2) is 0 Å². The Morgan fingerprint density at radius 2 is 1.43 bits per heavy atom. The van der Waals surface area contributed by atoms with Gasteiger partial charge in [-0.2, -0.15) is 0 Å². The van der Waals surface area contributed by atoms with E-state index >= 15 is 0 Å². The van der Waals surface area contributed by atoms with E-state index < -0.39 is 5.75 Å². The van der Waals surface area contributed by atoms with Crippen LogP contribution in [-0.4, -0.2) is 15.3 Å². The first-order valence-electron chi connectivity index (χ1n) is 4.50. The highest BCUT2D eigenvalue weighted by atomic mass is 16.3. The highest BCUT2D eigenvalue weighted by Crippen LogP contribution is 2.44. The first-order valence-corrected chi connectivity index (χ1v) is 4.50. The molecule has 0 aliphatic carbocycles. The molecule has 0 aliphatic heterocycles. The van der Waals surface area contributed by atoms with Crippen molar-refractivity contribution in [2.75, 3.05) is 0 Å². The summed E-state index contributed by atoms with van der Waals surface area (Å²) in [5.41, 5.74) is 0.926. The summed E-state index contributed by atoms with van der Waals surface area (Å²) < 4.78 is 0. The van der Waals surface area contributed by atoms with E-state index in [0.717, 1.165) is 0 Å². The largest absolute Gasteiger partial charge is 0.504 e. The average molecular weight is 196 g/mol. The highest BCUT2D eigenvalue weighted by molar-refractivity contribution is 5.58. The Hall–Kier alpha value is -1.38. The molecule has 0 spiro atoms. The van der Waals surface area contributed by atoms with Crippen molar-refractivity contribution in [2.24, 2.45) is 0 Å². The molecular weight excluding hydrogens is 180 g/mol. The molecule has 0 amide bonds. The van der Waals surface area contributed by atoms with E-state index in [0.29, 0.717) is 11.1 Å². The lowest BCUT2D eigenvalue weighted by atomic mass is 9.85. The number of aryl methyl sites for hydroxylation is 1. The molecule has 3 N–H and O–H groups in total. The van der Waals surface area contributed by atoms with Gasteiger partial charge in [0.25, 0.3) is 0 Å². The van der Waals surface area contributed by atoms with Crippen LogP contribution in [0.2, 0.25) is 0 Å². The lowest BCUT2D eigenvalue weighted by Gasteiger charge is -2.22. The van der Waals surface area contributed by atoms with Crippen LogP contribution in [0.25, 0.3) is 0 Å². The van der Waals surface area contributed by atoms with Gasteiger partial charge in [0.2, 0.25) is 5.75 Å². The third-order valence-corrected chi connectivity index (χ3v) is 2.25. The summed E-state index contributed by atoms with van der Waals surface area (Å²) in [7, 11) is 0. The molecule has 3 nitrogen and oxygen atoms in total. The monoisotopic (exact) mass is 196 g/mol. The Morgan fingerprint density at radius 1 is 0.929 bits per heavy atom. The predicted octanol–water partition coefficient (Wildman–Crippen LogP) is 2.41. The molecule has 0 radical (unpaired) electrons. The van der Waals surface area contributed by atoms with Crippen molar-refractivity contribution in [3.8, 4) is 17.2 Å². The first kappa shape index (κ1) is 10.7. The van der Waals surface area contributed by atoms with Gasteiger partial charge in [0, 0.05) is 5.56 Å². The summed E-state index contributed by atoms with van der Waals surface area (Å²) >= 11 is 0. The number of benzene rings is 1. The van der Waals surface area contributed by atoms with E-state index in [1.807, 2.05) is 20.8 Å². The van der Waals surface area contributed by atoms with Gasteiger partial charge in [0.1, 0.15) is 0 Å². The number of aromatic hydroxyl groups is 3. The molecule has 1 rings (SSSR count). The fourth-order valence-corrected chi connectivity index (χ4v) is 1.35. The zero-order valence-electron chi connectivity index (χ0n) is 8.92. The molecule has 1 aromatic rings. The highest BCUT2D eigenvalue weighted by Gasteiger charge is 2.23. The molecule has 0 fully saturated rings. The lowest BCUT2D eigenvalue weighted by Crippen LogP contribution is -2.11. The van der Waals surface area contributed by atoms with Crippen LogP contribution in [0.5, 0.6) is 17.2 Å². The smallest absolute Gasteiger partial charge is 0.200 e. The van der Waals surface area contributed by atoms with Crippen molar-refractivity contribution < 1.29 is 15.3 Å². The summed E-state index contributed by atoms with van der Waals surface area (Å²) in [6, 6.07) is 1.68. The van der Waals surface area contributed by atoms with E-state index in [9.17, 15) is 15.3 Å². The molecule has 0 atom stereocenters. The van der Waals surface area contributed by atoms with Crippen molar-refractivity contribution in [1.82, 2.24) is 0 Å². The van der Waals surface area contributed by atoms with Crippen molar-refractivity contribution in [2.45, 2.75) is 33.1 Å². The first-order chi connectivity index (χ1) is 6.25. The van der Waals surface area contributed by atoms with Crippen LogP contribution in [0.3, 0.4) is 0 Å². The van der Waals surface area contributed by atoms with Gasteiger partial charge in [0.15, 0.2) is 11.5 Å². The lowest BCUT2D eigenvalue weighted by molar-refractivity contribution is 0.357. The van der Waals surface area contributed by atoms with E-state index in [1.54, 1.807) is 13.0 Å². The molecule has 14 heavy (non-hydrogen) atoms. The van der Waals surface area contributed by atoms with Gasteiger partial charge >= 0.3 is 0 Å². The number of phenolic OH excluding ortho intramolecular Hbond substituents is 3. The Morgan fingerprint density at radius 3 is 1.86 bits per heavy atom. The molecule has 0 saturated carbocycles. The second kappa shape index (κ2) is 3.08. The number of hydrogen-bond acceptors (Lipinski definition) is 3. The van der Waals surface area contributed by atoms with E-state index in [1.165, 1.54) is 0 Å². The average Bonchev–Trinajstić information content (AvgIpc) is 2.06. The minimum absolute atomic E-state index is 0.236. The zero-order valence-corrected chi connectivity index (χ0v) is 8.92. The third-order valence-electron chi connectivity index (χ3n) is 2.25. The summed E-state index contributed by atoms with van der Waals surface area (Å²) in [5.74, 6) is -0.925. The summed E-state index contributed by atoms with van der Waals surface area (Å²) in [6.07, 6.45) is 0. The Balaban J connectivity index is 3.49. The van der Waals surface area contributed by atoms with Gasteiger partial charge in [-0.3, -0.25) is 0 Å². The quantitative estimate of drug-likeness (QED) is 0.558. The molecular formula is C11H16O3. The molecule has 78 valence electrons. The molecule has 1 aromatic carbocycles. The second-order valence-electron chi connectivity index (χ2n) is 4.54. The van der Waals surface area contributed by atoms with Crippen LogP contribution >= 0.6 is 0 Å². The summed E-state index contributed by atoms with van der Waals surface area (Å²) in [6.45, 7) is 7.47. The summed E-state index contributed by atoms with van der Waals surface area (Å²) in [4.78, 5) is 0. The van der Waals surface area contributed by atoms with Crippen LogP contribution < -0.4 is 0 Å². The molecule has 3 heteroatoms. The molecule has 0 unspecified atom stereocenters. The maximum absolute atomic E-state index is 9.63. The number of rotatable bonds is 0. The van der Waals surface area contributed by atoms with Crippen molar-refractivity contribution in [3.63, 3.8) is 0 Å². The Bertz CT molecular complexity index is 362. The van der Waals surface area contributed by atoms with Crippen molar-refractivity contribution in [3.05, 3.63) is 17.2 Å². The van der Waals surface area contributed by atoms with E-state index in [-0.39, 0.29) is 16.9 Å². The SMILES string of the molecule is Cc1cc(C(C)(C)C)c(O)c(O)c1O. The standard InChI is InChI=1S/C11H16O3/c1-6-5-7(11(2,3)4)9(13)10(14)8(6)12/h5,12-14H,1-4H3. The van der Waals surface area contributed by atoms with Crippen LogP contribution in [0.1, 0.15) is 31.9 Å². The maximum atomic E-state index is 9.63. The molecule has 0 heterocycles. The number of phenols is 3. The van der Waals surface area contributed by atoms with Gasteiger partial charge in [-0.05, 0) is 24.0 Å². The minimum Gasteiger partial charge on any atom is -0.504 e. The normalized spacial score (nSPS) is 11.7. The van der Waals surface area contributed by atoms with E-state index in [4.69, 9.17) is 0 Å². The Kier molecular flexibility index (Phi) is 2.36. The van der Waals surface area contributed by atoms with Crippen LogP contribution in [0, 0.1) is 6.92 Å². The second-order valence-corrected chi connectivity index (χ2v) is 4.54. The van der Waals surface area contributed by atoms with Crippen LogP contribution in [0.15, 0.2) is 6.07 Å². The molecule has 0 aromatic heterocycles.